The quantitative estimate of drug-likeness (QED) is 0.896. The molecule has 2 aromatic rings. The van der Waals surface area contributed by atoms with Gasteiger partial charge in [-0.1, -0.05) is 18.2 Å². The molecule has 2 rings (SSSR count). The highest BCUT2D eigenvalue weighted by atomic mass is 19.1. The summed E-state index contributed by atoms with van der Waals surface area (Å²) in [5.74, 6) is 0.549. The van der Waals surface area contributed by atoms with Gasteiger partial charge in [0.25, 0.3) is 0 Å². The van der Waals surface area contributed by atoms with E-state index in [1.54, 1.807) is 12.1 Å². The van der Waals surface area contributed by atoms with Gasteiger partial charge in [0.1, 0.15) is 11.6 Å². The molecule has 0 saturated heterocycles. The Morgan fingerprint density at radius 1 is 1.11 bits per heavy atom. The van der Waals surface area contributed by atoms with Gasteiger partial charge < -0.3 is 10.5 Å². The zero-order chi connectivity index (χ0) is 13.0. The summed E-state index contributed by atoms with van der Waals surface area (Å²) >= 11 is 0. The second-order valence-corrected chi connectivity index (χ2v) is 3.98. The summed E-state index contributed by atoms with van der Waals surface area (Å²) < 4.78 is 19.1. The van der Waals surface area contributed by atoms with Crippen LogP contribution in [0.3, 0.4) is 0 Å². The number of rotatable bonds is 4. The maximum Gasteiger partial charge on any atom is 0.131 e. The van der Waals surface area contributed by atoms with Gasteiger partial charge in [-0.25, -0.2) is 4.39 Å². The zero-order valence-corrected chi connectivity index (χ0v) is 10.3. The first-order valence-electron chi connectivity index (χ1n) is 5.96. The molecule has 0 aliphatic carbocycles. The fraction of sp³-hybridized carbons (Fsp3) is 0.200. The first-order chi connectivity index (χ1) is 8.74. The minimum atomic E-state index is -0.239. The fourth-order valence-electron chi connectivity index (χ4n) is 1.82. The van der Waals surface area contributed by atoms with E-state index < -0.39 is 0 Å². The highest BCUT2D eigenvalue weighted by Crippen LogP contribution is 2.26. The van der Waals surface area contributed by atoms with Crippen LogP contribution >= 0.6 is 0 Å². The van der Waals surface area contributed by atoms with Crippen molar-refractivity contribution in [3.05, 3.63) is 53.8 Å². The van der Waals surface area contributed by atoms with Gasteiger partial charge >= 0.3 is 0 Å². The zero-order valence-electron chi connectivity index (χ0n) is 10.3. The van der Waals surface area contributed by atoms with E-state index in [2.05, 4.69) is 0 Å². The van der Waals surface area contributed by atoms with Gasteiger partial charge in [-0.05, 0) is 42.3 Å². The monoisotopic (exact) mass is 245 g/mol. The lowest BCUT2D eigenvalue weighted by atomic mass is 10.0. The molecule has 0 unspecified atom stereocenters. The van der Waals surface area contributed by atoms with Crippen molar-refractivity contribution in [1.82, 2.24) is 0 Å². The minimum Gasteiger partial charge on any atom is -0.494 e. The van der Waals surface area contributed by atoms with Crippen LogP contribution in [-0.4, -0.2) is 6.61 Å². The number of halogens is 1. The molecule has 2 nitrogen and oxygen atoms in total. The van der Waals surface area contributed by atoms with Crippen molar-refractivity contribution >= 4 is 0 Å². The Balaban J connectivity index is 2.35. The van der Waals surface area contributed by atoms with Crippen molar-refractivity contribution in [2.24, 2.45) is 5.73 Å². The van der Waals surface area contributed by atoms with Crippen LogP contribution in [0.15, 0.2) is 42.5 Å². The van der Waals surface area contributed by atoms with Crippen molar-refractivity contribution < 1.29 is 9.13 Å². The Labute approximate surface area is 106 Å². The number of nitrogens with two attached hydrogens (primary N) is 1. The Kier molecular flexibility index (Phi) is 3.95. The molecule has 0 amide bonds. The first kappa shape index (κ1) is 12.6. The van der Waals surface area contributed by atoms with Gasteiger partial charge in [0.05, 0.1) is 6.61 Å². The molecule has 0 fully saturated rings. The van der Waals surface area contributed by atoms with E-state index in [1.165, 1.54) is 6.07 Å². The molecule has 0 bridgehead atoms. The number of hydrogen-bond acceptors (Lipinski definition) is 2. The summed E-state index contributed by atoms with van der Waals surface area (Å²) in [5.41, 5.74) is 7.88. The summed E-state index contributed by atoms with van der Waals surface area (Å²) in [6.45, 7) is 2.96. The smallest absolute Gasteiger partial charge is 0.131 e. The predicted octanol–water partition coefficient (Wildman–Crippen LogP) is 3.35. The molecule has 0 aliphatic rings. The van der Waals surface area contributed by atoms with E-state index in [0.29, 0.717) is 18.7 Å². The van der Waals surface area contributed by atoms with Crippen LogP contribution < -0.4 is 10.5 Å². The fourth-order valence-corrected chi connectivity index (χ4v) is 1.82. The maximum absolute atomic E-state index is 13.8. The average Bonchev–Trinajstić information content (AvgIpc) is 2.41. The Hall–Kier alpha value is -1.87. The summed E-state index contributed by atoms with van der Waals surface area (Å²) in [5, 5.41) is 0. The lowest BCUT2D eigenvalue weighted by Gasteiger charge is -2.07. The number of ether oxygens (including phenoxy) is 1. The Bertz CT molecular complexity index is 523. The van der Waals surface area contributed by atoms with Gasteiger partial charge in [0, 0.05) is 12.1 Å². The predicted molar refractivity (Wildman–Crippen MR) is 70.9 cm³/mol. The van der Waals surface area contributed by atoms with Crippen LogP contribution in [0.5, 0.6) is 5.75 Å². The van der Waals surface area contributed by atoms with Crippen LogP contribution in [0.1, 0.15) is 12.5 Å². The largest absolute Gasteiger partial charge is 0.494 e. The summed E-state index contributed by atoms with van der Waals surface area (Å²) in [4.78, 5) is 0. The number of hydrogen-bond donors (Lipinski definition) is 1. The third-order valence-electron chi connectivity index (χ3n) is 2.74. The Morgan fingerprint density at radius 2 is 1.83 bits per heavy atom. The van der Waals surface area contributed by atoms with Gasteiger partial charge in [0.15, 0.2) is 0 Å². The molecule has 0 saturated carbocycles. The molecule has 0 heterocycles. The summed E-state index contributed by atoms with van der Waals surface area (Å²) in [7, 11) is 0. The molecule has 0 radical (unpaired) electrons. The SMILES string of the molecule is CCOc1ccc(-c2cc(CN)ccc2F)cc1. The molecule has 18 heavy (non-hydrogen) atoms. The van der Waals surface area contributed by atoms with Crippen molar-refractivity contribution in [1.29, 1.82) is 0 Å². The van der Waals surface area contributed by atoms with Crippen molar-refractivity contribution in [3.63, 3.8) is 0 Å². The van der Waals surface area contributed by atoms with Crippen molar-refractivity contribution in [3.8, 4) is 16.9 Å². The van der Waals surface area contributed by atoms with Gasteiger partial charge in [-0.15, -0.1) is 0 Å². The van der Waals surface area contributed by atoms with Gasteiger partial charge in [-0.2, -0.15) is 0 Å². The molecule has 2 N–H and O–H groups in total. The minimum absolute atomic E-state index is 0.239. The molecule has 2 aromatic carbocycles. The highest BCUT2D eigenvalue weighted by molar-refractivity contribution is 5.65. The average molecular weight is 245 g/mol. The third-order valence-corrected chi connectivity index (χ3v) is 2.74. The molecule has 94 valence electrons. The second kappa shape index (κ2) is 5.65. The van der Waals surface area contributed by atoms with Crippen molar-refractivity contribution in [2.75, 3.05) is 6.61 Å². The highest BCUT2D eigenvalue weighted by Gasteiger charge is 2.06. The van der Waals surface area contributed by atoms with Crippen LogP contribution in [0.2, 0.25) is 0 Å². The first-order valence-corrected chi connectivity index (χ1v) is 5.96. The topological polar surface area (TPSA) is 35.2 Å². The molecule has 0 spiro atoms. The summed E-state index contributed by atoms with van der Waals surface area (Å²) in [6.07, 6.45) is 0. The summed E-state index contributed by atoms with van der Waals surface area (Å²) in [6, 6.07) is 12.3. The lowest BCUT2D eigenvalue weighted by Crippen LogP contribution is -1.97. The van der Waals surface area contributed by atoms with Crippen LogP contribution in [0.4, 0.5) is 4.39 Å². The second-order valence-electron chi connectivity index (χ2n) is 3.98. The molecule has 3 heteroatoms. The van der Waals surface area contributed by atoms with Crippen LogP contribution in [0, 0.1) is 5.82 Å². The van der Waals surface area contributed by atoms with E-state index in [4.69, 9.17) is 10.5 Å². The maximum atomic E-state index is 13.8. The molecule has 0 aliphatic heterocycles. The Morgan fingerprint density at radius 3 is 2.44 bits per heavy atom. The van der Waals surface area contributed by atoms with E-state index >= 15 is 0 Å². The van der Waals surface area contributed by atoms with Crippen molar-refractivity contribution in [2.45, 2.75) is 13.5 Å². The standard InChI is InChI=1S/C15H16FNO/c1-2-18-13-6-4-12(5-7-13)14-9-11(10-17)3-8-15(14)16/h3-9H,2,10,17H2,1H3. The van der Waals surface area contributed by atoms with E-state index in [1.807, 2.05) is 31.2 Å². The molecular weight excluding hydrogens is 229 g/mol. The molecule has 0 aromatic heterocycles. The van der Waals surface area contributed by atoms with Gasteiger partial charge in [0.2, 0.25) is 0 Å². The normalized spacial score (nSPS) is 10.4. The van der Waals surface area contributed by atoms with Crippen LogP contribution in [-0.2, 0) is 6.54 Å². The third kappa shape index (κ3) is 2.68. The van der Waals surface area contributed by atoms with E-state index in [9.17, 15) is 4.39 Å². The number of benzene rings is 2. The molecule has 0 atom stereocenters. The van der Waals surface area contributed by atoms with E-state index in [0.717, 1.165) is 16.9 Å². The van der Waals surface area contributed by atoms with Gasteiger partial charge in [-0.3, -0.25) is 0 Å². The lowest BCUT2D eigenvalue weighted by molar-refractivity contribution is 0.340. The molecular formula is C15H16FNO. The van der Waals surface area contributed by atoms with Crippen LogP contribution in [0.25, 0.3) is 11.1 Å². The van der Waals surface area contributed by atoms with E-state index in [-0.39, 0.29) is 5.82 Å².